The maximum atomic E-state index is 5.91. The van der Waals surface area contributed by atoms with Crippen molar-refractivity contribution >= 4 is 17.5 Å². The molecule has 2 fully saturated rings. The molecule has 2 atom stereocenters. The van der Waals surface area contributed by atoms with Gasteiger partial charge >= 0.3 is 0 Å². The highest BCUT2D eigenvalue weighted by Gasteiger charge is 2.34. The van der Waals surface area contributed by atoms with Crippen molar-refractivity contribution in [3.8, 4) is 0 Å². The van der Waals surface area contributed by atoms with Crippen LogP contribution in [0.25, 0.3) is 0 Å². The molecular formula is C16H21ClN6O. The van der Waals surface area contributed by atoms with Crippen LogP contribution in [0.15, 0.2) is 18.6 Å². The van der Waals surface area contributed by atoms with Crippen molar-refractivity contribution in [2.24, 2.45) is 5.92 Å². The van der Waals surface area contributed by atoms with Gasteiger partial charge in [-0.05, 0) is 6.92 Å². The van der Waals surface area contributed by atoms with Gasteiger partial charge in [-0.1, -0.05) is 11.6 Å². The summed E-state index contributed by atoms with van der Waals surface area (Å²) < 4.78 is 5.88. The average Bonchev–Trinajstić information content (AvgIpc) is 2.76. The first-order chi connectivity index (χ1) is 11.7. The third kappa shape index (κ3) is 3.38. The van der Waals surface area contributed by atoms with Crippen molar-refractivity contribution < 1.29 is 4.74 Å². The van der Waals surface area contributed by atoms with Gasteiger partial charge in [-0.3, -0.25) is 4.90 Å². The second kappa shape index (κ2) is 6.66. The zero-order valence-electron chi connectivity index (χ0n) is 13.7. The highest BCUT2D eigenvalue weighted by molar-refractivity contribution is 6.30. The number of imidazole rings is 1. The zero-order valence-corrected chi connectivity index (χ0v) is 14.4. The second-order valence-corrected chi connectivity index (χ2v) is 7.04. The smallest absolute Gasteiger partial charge is 0.225 e. The van der Waals surface area contributed by atoms with Crippen molar-refractivity contribution in [3.63, 3.8) is 0 Å². The number of aromatic amines is 1. The molecule has 2 saturated heterocycles. The predicted octanol–water partition coefficient (Wildman–Crippen LogP) is 1.50. The molecule has 2 aromatic heterocycles. The number of H-pyrrole nitrogens is 1. The van der Waals surface area contributed by atoms with E-state index in [4.69, 9.17) is 16.3 Å². The summed E-state index contributed by atoms with van der Waals surface area (Å²) >= 11 is 5.91. The summed E-state index contributed by atoms with van der Waals surface area (Å²) in [4.78, 5) is 21.3. The van der Waals surface area contributed by atoms with Crippen molar-refractivity contribution in [1.29, 1.82) is 0 Å². The van der Waals surface area contributed by atoms with E-state index < -0.39 is 0 Å². The van der Waals surface area contributed by atoms with Crippen LogP contribution in [-0.2, 0) is 11.3 Å². The third-order valence-electron chi connectivity index (χ3n) is 4.58. The topological polar surface area (TPSA) is 70.2 Å². The van der Waals surface area contributed by atoms with Gasteiger partial charge in [0.05, 0.1) is 43.2 Å². The molecular weight excluding hydrogens is 328 g/mol. The molecule has 0 aromatic carbocycles. The first-order valence-corrected chi connectivity index (χ1v) is 8.60. The van der Waals surface area contributed by atoms with Crippen molar-refractivity contribution in [1.82, 2.24) is 24.8 Å². The molecule has 0 spiro atoms. The minimum absolute atomic E-state index is 0.294. The Morgan fingerprint density at radius 1 is 1.17 bits per heavy atom. The molecule has 0 unspecified atom stereocenters. The molecule has 8 heteroatoms. The lowest BCUT2D eigenvalue weighted by atomic mass is 10.1. The molecule has 0 saturated carbocycles. The Hall–Kier alpha value is -1.70. The standard InChI is InChI=1S/C16H21ClN6O/c1-11-2-18-15(21-11)8-22-5-12-6-23(7-14(22)10-24-9-12)16-19-3-13(17)4-20-16/h2-4,12,14H,5-10H2,1H3,(H,18,21)/t12-,14+/m1/s1. The lowest BCUT2D eigenvalue weighted by Gasteiger charge is -2.30. The van der Waals surface area contributed by atoms with E-state index in [0.29, 0.717) is 17.0 Å². The second-order valence-electron chi connectivity index (χ2n) is 6.61. The quantitative estimate of drug-likeness (QED) is 0.906. The molecule has 0 aliphatic carbocycles. The molecule has 0 radical (unpaired) electrons. The van der Waals surface area contributed by atoms with Gasteiger partial charge < -0.3 is 14.6 Å². The Morgan fingerprint density at radius 3 is 2.75 bits per heavy atom. The first-order valence-electron chi connectivity index (χ1n) is 8.22. The van der Waals surface area contributed by atoms with E-state index in [9.17, 15) is 0 Å². The molecule has 0 amide bonds. The number of anilines is 1. The summed E-state index contributed by atoms with van der Waals surface area (Å²) in [5.41, 5.74) is 1.09. The monoisotopic (exact) mass is 348 g/mol. The van der Waals surface area contributed by atoms with Gasteiger partial charge in [-0.2, -0.15) is 0 Å². The highest BCUT2D eigenvalue weighted by Crippen LogP contribution is 2.23. The number of nitrogens with zero attached hydrogens (tertiary/aromatic N) is 5. The molecule has 2 aromatic rings. The molecule has 128 valence electrons. The Labute approximate surface area is 146 Å². The van der Waals surface area contributed by atoms with Crippen LogP contribution in [0.5, 0.6) is 0 Å². The van der Waals surface area contributed by atoms with Crippen LogP contribution in [0.4, 0.5) is 5.95 Å². The van der Waals surface area contributed by atoms with Crippen LogP contribution in [0, 0.1) is 12.8 Å². The SMILES string of the molecule is Cc1cnc(CN2C[C@H]3COC[C@@H]2CN(c2ncc(Cl)cn2)C3)[nH]1. The molecule has 1 N–H and O–H groups in total. The number of hydrogen-bond acceptors (Lipinski definition) is 6. The van der Waals surface area contributed by atoms with Crippen LogP contribution in [0.1, 0.15) is 11.5 Å². The molecule has 24 heavy (non-hydrogen) atoms. The molecule has 4 rings (SSSR count). The summed E-state index contributed by atoms with van der Waals surface area (Å²) in [6.45, 7) is 7.07. The van der Waals surface area contributed by atoms with Crippen molar-refractivity contribution in [3.05, 3.63) is 35.1 Å². The van der Waals surface area contributed by atoms with E-state index in [1.54, 1.807) is 12.4 Å². The Balaban J connectivity index is 1.54. The van der Waals surface area contributed by atoms with Gasteiger partial charge in [-0.15, -0.1) is 0 Å². The van der Waals surface area contributed by atoms with Crippen LogP contribution in [-0.4, -0.2) is 63.7 Å². The Morgan fingerprint density at radius 2 is 2.00 bits per heavy atom. The molecule has 2 bridgehead atoms. The van der Waals surface area contributed by atoms with Crippen LogP contribution < -0.4 is 4.90 Å². The van der Waals surface area contributed by atoms with E-state index in [1.165, 1.54) is 0 Å². The Kier molecular flexibility index (Phi) is 4.39. The van der Waals surface area contributed by atoms with Gasteiger partial charge in [0, 0.05) is 37.4 Å². The maximum Gasteiger partial charge on any atom is 0.225 e. The molecule has 2 aliphatic rings. The third-order valence-corrected chi connectivity index (χ3v) is 4.78. The zero-order chi connectivity index (χ0) is 16.5. The maximum absolute atomic E-state index is 5.91. The number of aromatic nitrogens is 4. The fraction of sp³-hybridized carbons (Fsp3) is 0.562. The lowest BCUT2D eigenvalue weighted by Crippen LogP contribution is -2.44. The number of ether oxygens (including phenoxy) is 1. The molecule has 7 nitrogen and oxygen atoms in total. The summed E-state index contributed by atoms with van der Waals surface area (Å²) in [6, 6.07) is 0.294. The van der Waals surface area contributed by atoms with E-state index >= 15 is 0 Å². The van der Waals surface area contributed by atoms with Crippen LogP contribution in [0.2, 0.25) is 5.02 Å². The number of nitrogens with one attached hydrogen (secondary N) is 1. The number of rotatable bonds is 3. The summed E-state index contributed by atoms with van der Waals surface area (Å²) in [5.74, 6) is 2.18. The predicted molar refractivity (Wildman–Crippen MR) is 91.1 cm³/mol. The van der Waals surface area contributed by atoms with E-state index in [0.717, 1.165) is 56.9 Å². The molecule has 4 heterocycles. The van der Waals surface area contributed by atoms with E-state index in [-0.39, 0.29) is 0 Å². The number of halogens is 1. The Bertz CT molecular complexity index is 690. The average molecular weight is 349 g/mol. The van der Waals surface area contributed by atoms with Gasteiger partial charge in [0.2, 0.25) is 5.95 Å². The van der Waals surface area contributed by atoms with E-state index in [1.807, 2.05) is 13.1 Å². The van der Waals surface area contributed by atoms with Crippen LogP contribution in [0.3, 0.4) is 0 Å². The number of hydrogen-bond donors (Lipinski definition) is 1. The summed E-state index contributed by atoms with van der Waals surface area (Å²) in [7, 11) is 0. The van der Waals surface area contributed by atoms with Gasteiger partial charge in [-0.25, -0.2) is 15.0 Å². The van der Waals surface area contributed by atoms with Crippen molar-refractivity contribution in [2.45, 2.75) is 19.5 Å². The largest absolute Gasteiger partial charge is 0.379 e. The number of aryl methyl sites for hydroxylation is 1. The fourth-order valence-corrected chi connectivity index (χ4v) is 3.59. The number of fused-ring (bicyclic) bond motifs is 3. The fourth-order valence-electron chi connectivity index (χ4n) is 3.49. The van der Waals surface area contributed by atoms with Crippen LogP contribution >= 0.6 is 11.6 Å². The summed E-state index contributed by atoms with van der Waals surface area (Å²) in [6.07, 6.45) is 5.19. The normalized spacial score (nSPS) is 24.8. The molecule has 2 aliphatic heterocycles. The first kappa shape index (κ1) is 15.8. The minimum atomic E-state index is 0.294. The minimum Gasteiger partial charge on any atom is -0.379 e. The van der Waals surface area contributed by atoms with Crippen molar-refractivity contribution in [2.75, 3.05) is 37.7 Å². The van der Waals surface area contributed by atoms with Gasteiger partial charge in [0.25, 0.3) is 0 Å². The van der Waals surface area contributed by atoms with Gasteiger partial charge in [0.15, 0.2) is 0 Å². The van der Waals surface area contributed by atoms with Gasteiger partial charge in [0.1, 0.15) is 5.82 Å². The lowest BCUT2D eigenvalue weighted by molar-refractivity contribution is 0.0865. The highest BCUT2D eigenvalue weighted by atomic mass is 35.5. The summed E-state index contributed by atoms with van der Waals surface area (Å²) in [5, 5.41) is 0.562. The van der Waals surface area contributed by atoms with E-state index in [2.05, 4.69) is 29.7 Å².